The van der Waals surface area contributed by atoms with Crippen LogP contribution in [0.15, 0.2) is 42.7 Å². The first-order valence-corrected chi connectivity index (χ1v) is 7.68. The molecule has 0 radical (unpaired) electrons. The van der Waals surface area contributed by atoms with Crippen molar-refractivity contribution in [2.75, 3.05) is 5.32 Å². The van der Waals surface area contributed by atoms with Crippen LogP contribution in [0.5, 0.6) is 0 Å². The van der Waals surface area contributed by atoms with Crippen LogP contribution in [-0.4, -0.2) is 16.8 Å². The van der Waals surface area contributed by atoms with Crippen LogP contribution in [0.2, 0.25) is 5.02 Å². The molecule has 0 spiro atoms. The van der Waals surface area contributed by atoms with Crippen LogP contribution >= 0.6 is 11.6 Å². The highest BCUT2D eigenvalue weighted by Crippen LogP contribution is 2.45. The van der Waals surface area contributed by atoms with Crippen molar-refractivity contribution in [1.82, 2.24) is 10.3 Å². The Labute approximate surface area is 139 Å². The van der Waals surface area contributed by atoms with Crippen LogP contribution in [0.25, 0.3) is 0 Å². The van der Waals surface area contributed by atoms with E-state index in [0.717, 1.165) is 24.0 Å². The largest absolute Gasteiger partial charge is 0.338 e. The Morgan fingerprint density at radius 2 is 2.00 bits per heavy atom. The topological polar surface area (TPSA) is 71.1 Å². The average molecular weight is 330 g/mol. The number of carbonyl (C=O) groups is 2. The Balaban J connectivity index is 1.69. The predicted octanol–water partition coefficient (Wildman–Crippen LogP) is 2.79. The number of hydrogen-bond acceptors (Lipinski definition) is 3. The number of benzene rings is 1. The fourth-order valence-corrected chi connectivity index (χ4v) is 2.64. The molecule has 0 saturated heterocycles. The summed E-state index contributed by atoms with van der Waals surface area (Å²) in [6, 6.07) is 9.10. The zero-order valence-corrected chi connectivity index (χ0v) is 13.4. The van der Waals surface area contributed by atoms with Crippen LogP contribution in [0.4, 0.5) is 5.69 Å². The van der Waals surface area contributed by atoms with Gasteiger partial charge in [-0.05, 0) is 49.1 Å². The molecule has 118 valence electrons. The number of nitrogens with one attached hydrogen (secondary N) is 2. The second kappa shape index (κ2) is 6.01. The van der Waals surface area contributed by atoms with E-state index >= 15 is 0 Å². The Bertz CT molecular complexity index is 772. The van der Waals surface area contributed by atoms with E-state index in [1.165, 1.54) is 6.20 Å². The van der Waals surface area contributed by atoms with E-state index in [9.17, 15) is 9.59 Å². The summed E-state index contributed by atoms with van der Waals surface area (Å²) in [6.45, 7) is 1.84. The van der Waals surface area contributed by atoms with Gasteiger partial charge in [-0.2, -0.15) is 0 Å². The fraction of sp³-hybridized carbons (Fsp3) is 0.235. The number of aromatic nitrogens is 1. The van der Waals surface area contributed by atoms with Crippen molar-refractivity contribution in [2.24, 2.45) is 0 Å². The standard InChI is InChI=1S/C17H16ClN3O2/c1-11-5-8-19-10-14(11)20-15(22)16(23)21-17(6-7-17)12-3-2-4-13(18)9-12/h2-5,8-10H,6-7H2,1H3,(H,20,22)(H,21,23). The molecule has 0 bridgehead atoms. The van der Waals surface area contributed by atoms with E-state index in [-0.39, 0.29) is 0 Å². The van der Waals surface area contributed by atoms with Gasteiger partial charge in [-0.3, -0.25) is 14.6 Å². The highest BCUT2D eigenvalue weighted by molar-refractivity contribution is 6.40. The lowest BCUT2D eigenvalue weighted by Gasteiger charge is -2.18. The van der Waals surface area contributed by atoms with E-state index < -0.39 is 17.4 Å². The lowest BCUT2D eigenvalue weighted by atomic mass is 10.1. The van der Waals surface area contributed by atoms with Gasteiger partial charge in [0.1, 0.15) is 0 Å². The number of pyridine rings is 1. The maximum absolute atomic E-state index is 12.2. The Hall–Kier alpha value is -2.40. The summed E-state index contributed by atoms with van der Waals surface area (Å²) >= 11 is 6.00. The second-order valence-corrected chi connectivity index (χ2v) is 6.13. The highest BCUT2D eigenvalue weighted by atomic mass is 35.5. The first-order valence-electron chi connectivity index (χ1n) is 7.30. The average Bonchev–Trinajstić information content (AvgIpc) is 3.30. The molecule has 1 aliphatic rings. The monoisotopic (exact) mass is 329 g/mol. The SMILES string of the molecule is Cc1ccncc1NC(=O)C(=O)NC1(c2cccc(Cl)c2)CC1. The molecule has 1 heterocycles. The van der Waals surface area contributed by atoms with Gasteiger partial charge in [0.2, 0.25) is 0 Å². The predicted molar refractivity (Wildman–Crippen MR) is 88.1 cm³/mol. The molecule has 1 saturated carbocycles. The Kier molecular flexibility index (Phi) is 4.05. The van der Waals surface area contributed by atoms with Crippen LogP contribution in [0.3, 0.4) is 0 Å². The third-order valence-corrected chi connectivity index (χ3v) is 4.21. The van der Waals surface area contributed by atoms with Gasteiger partial charge in [0.25, 0.3) is 0 Å². The van der Waals surface area contributed by atoms with Crippen molar-refractivity contribution >= 4 is 29.1 Å². The lowest BCUT2D eigenvalue weighted by Crippen LogP contribution is -2.42. The molecule has 0 aliphatic heterocycles. The summed E-state index contributed by atoms with van der Waals surface area (Å²) < 4.78 is 0. The van der Waals surface area contributed by atoms with Crippen molar-refractivity contribution in [3.8, 4) is 0 Å². The number of halogens is 1. The number of anilines is 1. The molecule has 1 aliphatic carbocycles. The minimum Gasteiger partial charge on any atom is -0.338 e. The van der Waals surface area contributed by atoms with Gasteiger partial charge in [-0.25, -0.2) is 0 Å². The van der Waals surface area contributed by atoms with Crippen LogP contribution in [0, 0.1) is 6.92 Å². The molecule has 3 rings (SSSR count). The maximum atomic E-state index is 12.2. The lowest BCUT2D eigenvalue weighted by molar-refractivity contribution is -0.136. The summed E-state index contributed by atoms with van der Waals surface area (Å²) in [6.07, 6.45) is 4.73. The first kappa shape index (κ1) is 15.5. The van der Waals surface area contributed by atoms with Gasteiger partial charge in [0.15, 0.2) is 0 Å². The van der Waals surface area contributed by atoms with Gasteiger partial charge < -0.3 is 10.6 Å². The van der Waals surface area contributed by atoms with Crippen molar-refractivity contribution < 1.29 is 9.59 Å². The molecule has 6 heteroatoms. The second-order valence-electron chi connectivity index (χ2n) is 5.69. The highest BCUT2D eigenvalue weighted by Gasteiger charge is 2.46. The summed E-state index contributed by atoms with van der Waals surface area (Å²) in [5.41, 5.74) is 1.81. The molecule has 5 nitrogen and oxygen atoms in total. The van der Waals surface area contributed by atoms with Gasteiger partial charge in [-0.1, -0.05) is 23.7 Å². The first-order chi connectivity index (χ1) is 11.0. The number of nitrogens with zero attached hydrogens (tertiary/aromatic N) is 1. The molecule has 1 aromatic heterocycles. The summed E-state index contributed by atoms with van der Waals surface area (Å²) in [5, 5.41) is 6.01. The molecular weight excluding hydrogens is 314 g/mol. The van der Waals surface area contributed by atoms with Crippen molar-refractivity contribution in [3.63, 3.8) is 0 Å². The molecule has 1 aromatic carbocycles. The number of aryl methyl sites for hydroxylation is 1. The van der Waals surface area contributed by atoms with Crippen molar-refractivity contribution in [2.45, 2.75) is 25.3 Å². The van der Waals surface area contributed by atoms with E-state index in [2.05, 4.69) is 15.6 Å². The van der Waals surface area contributed by atoms with Gasteiger partial charge in [-0.15, -0.1) is 0 Å². The molecule has 0 atom stereocenters. The minimum atomic E-state index is -0.700. The smallest absolute Gasteiger partial charge is 0.313 e. The minimum absolute atomic E-state index is 0.483. The summed E-state index contributed by atoms with van der Waals surface area (Å²) in [7, 11) is 0. The van der Waals surface area contributed by atoms with Crippen LogP contribution in [-0.2, 0) is 15.1 Å². The Morgan fingerprint density at radius 3 is 2.65 bits per heavy atom. The number of hydrogen-bond donors (Lipinski definition) is 2. The van der Waals surface area contributed by atoms with E-state index in [1.807, 2.05) is 25.1 Å². The molecule has 2 N–H and O–H groups in total. The van der Waals surface area contributed by atoms with Crippen molar-refractivity contribution in [1.29, 1.82) is 0 Å². The molecule has 1 fully saturated rings. The quantitative estimate of drug-likeness (QED) is 0.851. The molecule has 0 unspecified atom stereocenters. The summed E-state index contributed by atoms with van der Waals surface area (Å²) in [5.74, 6) is -1.36. The zero-order valence-electron chi connectivity index (χ0n) is 12.6. The normalized spacial score (nSPS) is 14.9. The van der Waals surface area contributed by atoms with Crippen molar-refractivity contribution in [3.05, 3.63) is 58.9 Å². The van der Waals surface area contributed by atoms with Gasteiger partial charge in [0.05, 0.1) is 17.4 Å². The Morgan fingerprint density at radius 1 is 1.22 bits per heavy atom. The molecule has 2 aromatic rings. The molecule has 23 heavy (non-hydrogen) atoms. The van der Waals surface area contributed by atoms with E-state index in [0.29, 0.717) is 10.7 Å². The molecular formula is C17H16ClN3O2. The summed E-state index contributed by atoms with van der Waals surface area (Å²) in [4.78, 5) is 28.2. The van der Waals surface area contributed by atoms with Gasteiger partial charge >= 0.3 is 11.8 Å². The third-order valence-electron chi connectivity index (χ3n) is 3.97. The number of carbonyl (C=O) groups excluding carboxylic acids is 2. The van der Waals surface area contributed by atoms with Gasteiger partial charge in [0, 0.05) is 11.2 Å². The number of amides is 2. The number of rotatable bonds is 3. The van der Waals surface area contributed by atoms with Crippen LogP contribution < -0.4 is 10.6 Å². The third kappa shape index (κ3) is 3.35. The van der Waals surface area contributed by atoms with E-state index in [4.69, 9.17) is 11.6 Å². The maximum Gasteiger partial charge on any atom is 0.313 e. The molecule has 2 amide bonds. The fourth-order valence-electron chi connectivity index (χ4n) is 2.45. The van der Waals surface area contributed by atoms with E-state index in [1.54, 1.807) is 18.3 Å². The zero-order chi connectivity index (χ0) is 16.4. The van der Waals surface area contributed by atoms with Crippen LogP contribution in [0.1, 0.15) is 24.0 Å².